The van der Waals surface area contributed by atoms with Crippen LogP contribution in [-0.2, 0) is 22.2 Å². The maximum Gasteiger partial charge on any atom is 0.241 e. The molecule has 1 heterocycles. The first-order chi connectivity index (χ1) is 18.9. The summed E-state index contributed by atoms with van der Waals surface area (Å²) in [6, 6.07) is 32.4. The standard InChI is InChI=1S/C29H24Cl2N4O2S2/c30-23-16-17-27(25(31)19-23)35-28(32-33-29(35)38-20-22-12-6-2-7-13-22)26(18-21-10-4-1-5-11-21)34-39(36,37)24-14-8-3-9-15-24/h1-17,19,26,34H,18,20H2. The Morgan fingerprint density at radius 1 is 0.795 bits per heavy atom. The Balaban J connectivity index is 1.60. The SMILES string of the molecule is O=S(=O)(NC(Cc1ccccc1)c1nnc(SCc2ccccc2)n1-c1ccc(Cl)cc1Cl)c1ccccc1. The van der Waals surface area contributed by atoms with Gasteiger partial charge in [-0.25, -0.2) is 13.1 Å². The van der Waals surface area contributed by atoms with Crippen molar-refractivity contribution in [2.45, 2.75) is 28.3 Å². The second-order valence-electron chi connectivity index (χ2n) is 8.72. The summed E-state index contributed by atoms with van der Waals surface area (Å²) < 4.78 is 31.6. The Morgan fingerprint density at radius 3 is 2.05 bits per heavy atom. The van der Waals surface area contributed by atoms with Crippen molar-refractivity contribution in [3.05, 3.63) is 136 Å². The minimum absolute atomic E-state index is 0.164. The van der Waals surface area contributed by atoms with Crippen molar-refractivity contribution in [3.8, 4) is 5.69 Å². The average Bonchev–Trinajstić information content (AvgIpc) is 3.37. The lowest BCUT2D eigenvalue weighted by Crippen LogP contribution is -2.32. The Hall–Kier alpha value is -3.14. The Bertz CT molecular complexity index is 1650. The average molecular weight is 596 g/mol. The number of nitrogens with one attached hydrogen (secondary N) is 1. The number of hydrogen-bond donors (Lipinski definition) is 1. The van der Waals surface area contributed by atoms with Crippen LogP contribution in [0.5, 0.6) is 0 Å². The first kappa shape index (κ1) is 27.4. The van der Waals surface area contributed by atoms with Gasteiger partial charge in [0, 0.05) is 10.8 Å². The number of halogens is 2. The van der Waals surface area contributed by atoms with Gasteiger partial charge in [0.2, 0.25) is 10.0 Å². The molecule has 0 aliphatic carbocycles. The molecule has 0 bridgehead atoms. The van der Waals surface area contributed by atoms with Gasteiger partial charge >= 0.3 is 0 Å². The van der Waals surface area contributed by atoms with Crippen molar-refractivity contribution >= 4 is 45.0 Å². The third-order valence-corrected chi connectivity index (χ3v) is 8.99. The van der Waals surface area contributed by atoms with Gasteiger partial charge in [-0.15, -0.1) is 10.2 Å². The van der Waals surface area contributed by atoms with Crippen LogP contribution < -0.4 is 4.72 Å². The van der Waals surface area contributed by atoms with E-state index in [1.54, 1.807) is 48.5 Å². The molecule has 0 saturated carbocycles. The lowest BCUT2D eigenvalue weighted by molar-refractivity contribution is 0.537. The summed E-state index contributed by atoms with van der Waals surface area (Å²) in [7, 11) is -3.88. The number of thioether (sulfide) groups is 1. The van der Waals surface area contributed by atoms with Crippen molar-refractivity contribution in [3.63, 3.8) is 0 Å². The number of hydrogen-bond acceptors (Lipinski definition) is 5. The van der Waals surface area contributed by atoms with E-state index in [0.29, 0.717) is 38.9 Å². The molecule has 1 unspecified atom stereocenters. The van der Waals surface area contributed by atoms with E-state index in [0.717, 1.165) is 11.1 Å². The van der Waals surface area contributed by atoms with E-state index in [9.17, 15) is 8.42 Å². The quantitative estimate of drug-likeness (QED) is 0.174. The first-order valence-electron chi connectivity index (χ1n) is 12.1. The summed E-state index contributed by atoms with van der Waals surface area (Å²) >= 11 is 14.4. The number of nitrogens with zero attached hydrogens (tertiary/aromatic N) is 3. The summed E-state index contributed by atoms with van der Waals surface area (Å²) in [5.74, 6) is 1.06. The molecule has 1 aromatic heterocycles. The van der Waals surface area contributed by atoms with E-state index in [4.69, 9.17) is 23.2 Å². The van der Waals surface area contributed by atoms with Gasteiger partial charge < -0.3 is 0 Å². The van der Waals surface area contributed by atoms with Crippen LogP contribution in [0.4, 0.5) is 0 Å². The van der Waals surface area contributed by atoms with Gasteiger partial charge in [0.25, 0.3) is 0 Å². The summed E-state index contributed by atoms with van der Waals surface area (Å²) in [6.07, 6.45) is 0.347. The maximum atomic E-state index is 13.5. The second kappa shape index (κ2) is 12.4. The first-order valence-corrected chi connectivity index (χ1v) is 15.3. The van der Waals surface area contributed by atoms with Crippen molar-refractivity contribution in [1.82, 2.24) is 19.5 Å². The molecule has 10 heteroatoms. The van der Waals surface area contributed by atoms with Gasteiger partial charge in [-0.2, -0.15) is 0 Å². The third kappa shape index (κ3) is 6.72. The van der Waals surface area contributed by atoms with Gasteiger partial charge in [0.15, 0.2) is 11.0 Å². The van der Waals surface area contributed by atoms with Crippen LogP contribution in [0.25, 0.3) is 5.69 Å². The fourth-order valence-electron chi connectivity index (χ4n) is 4.10. The Kier molecular flexibility index (Phi) is 8.69. The van der Waals surface area contributed by atoms with Gasteiger partial charge in [0.1, 0.15) is 0 Å². The van der Waals surface area contributed by atoms with Gasteiger partial charge in [-0.3, -0.25) is 4.57 Å². The summed E-state index contributed by atoms with van der Waals surface area (Å²) in [5.41, 5.74) is 2.66. The fourth-order valence-corrected chi connectivity index (χ4v) is 6.72. The highest BCUT2D eigenvalue weighted by molar-refractivity contribution is 7.98. The molecule has 0 aliphatic heterocycles. The van der Waals surface area contributed by atoms with Gasteiger partial charge in [-0.05, 0) is 47.9 Å². The highest BCUT2D eigenvalue weighted by atomic mass is 35.5. The third-order valence-electron chi connectivity index (χ3n) is 5.97. The molecule has 0 spiro atoms. The molecule has 0 saturated heterocycles. The minimum Gasteiger partial charge on any atom is -0.271 e. The van der Waals surface area contributed by atoms with Crippen molar-refractivity contribution < 1.29 is 8.42 Å². The lowest BCUT2D eigenvalue weighted by Gasteiger charge is -2.21. The molecule has 5 aromatic rings. The zero-order valence-electron chi connectivity index (χ0n) is 20.6. The number of rotatable bonds is 10. The largest absolute Gasteiger partial charge is 0.271 e. The molecule has 0 amide bonds. The Labute approximate surface area is 242 Å². The molecule has 4 aromatic carbocycles. The van der Waals surface area contributed by atoms with E-state index < -0.39 is 16.1 Å². The highest BCUT2D eigenvalue weighted by Crippen LogP contribution is 2.33. The predicted octanol–water partition coefficient (Wildman–Crippen LogP) is 7.13. The number of aromatic nitrogens is 3. The van der Waals surface area contributed by atoms with Crippen LogP contribution in [0.15, 0.2) is 119 Å². The summed E-state index contributed by atoms with van der Waals surface area (Å²) in [4.78, 5) is 0.164. The second-order valence-corrected chi connectivity index (χ2v) is 12.2. The van der Waals surface area contributed by atoms with E-state index in [1.807, 2.05) is 65.2 Å². The van der Waals surface area contributed by atoms with Gasteiger partial charge in [0.05, 0.1) is 21.6 Å². The molecule has 1 N–H and O–H groups in total. The van der Waals surface area contributed by atoms with Crippen molar-refractivity contribution in [2.24, 2.45) is 0 Å². The smallest absolute Gasteiger partial charge is 0.241 e. The van der Waals surface area contributed by atoms with Crippen LogP contribution >= 0.6 is 35.0 Å². The van der Waals surface area contributed by atoms with Crippen LogP contribution in [0.3, 0.4) is 0 Å². The lowest BCUT2D eigenvalue weighted by atomic mass is 10.1. The summed E-state index contributed by atoms with van der Waals surface area (Å²) in [6.45, 7) is 0. The number of benzene rings is 4. The molecule has 0 aliphatic rings. The van der Waals surface area contributed by atoms with Crippen LogP contribution in [0, 0.1) is 0 Å². The van der Waals surface area contributed by atoms with Crippen molar-refractivity contribution in [2.75, 3.05) is 0 Å². The molecule has 6 nitrogen and oxygen atoms in total. The Morgan fingerprint density at radius 2 is 1.41 bits per heavy atom. The predicted molar refractivity (Wildman–Crippen MR) is 157 cm³/mol. The van der Waals surface area contributed by atoms with Crippen molar-refractivity contribution in [1.29, 1.82) is 0 Å². The summed E-state index contributed by atoms with van der Waals surface area (Å²) in [5, 5.41) is 10.5. The molecule has 198 valence electrons. The van der Waals surface area contributed by atoms with E-state index in [2.05, 4.69) is 14.9 Å². The zero-order chi connectivity index (χ0) is 27.2. The monoisotopic (exact) mass is 594 g/mol. The fraction of sp³-hybridized carbons (Fsp3) is 0.103. The number of sulfonamides is 1. The molecule has 0 radical (unpaired) electrons. The molecule has 39 heavy (non-hydrogen) atoms. The van der Waals surface area contributed by atoms with Gasteiger partial charge in [-0.1, -0.05) is 114 Å². The molecule has 1 atom stereocenters. The highest BCUT2D eigenvalue weighted by Gasteiger charge is 2.29. The minimum atomic E-state index is -3.88. The van der Waals surface area contributed by atoms with Crippen LogP contribution in [-0.4, -0.2) is 23.2 Å². The van der Waals surface area contributed by atoms with E-state index in [-0.39, 0.29) is 4.90 Å². The van der Waals surface area contributed by atoms with Crippen LogP contribution in [0.2, 0.25) is 10.0 Å². The van der Waals surface area contributed by atoms with E-state index >= 15 is 0 Å². The maximum absolute atomic E-state index is 13.5. The topological polar surface area (TPSA) is 76.9 Å². The molecule has 0 fully saturated rings. The normalized spacial score (nSPS) is 12.4. The van der Waals surface area contributed by atoms with Crippen LogP contribution in [0.1, 0.15) is 23.0 Å². The molecular weight excluding hydrogens is 571 g/mol. The molecular formula is C29H24Cl2N4O2S2. The molecule has 5 rings (SSSR count). The van der Waals surface area contributed by atoms with E-state index in [1.165, 1.54) is 11.8 Å². The zero-order valence-corrected chi connectivity index (χ0v) is 23.8.